The minimum atomic E-state index is -2.24. The zero-order valence-electron chi connectivity index (χ0n) is 39.5. The normalized spacial score (nSPS) is 11.5. The van der Waals surface area contributed by atoms with Crippen molar-refractivity contribution in [1.82, 2.24) is 0 Å². The van der Waals surface area contributed by atoms with E-state index < -0.39 is 138 Å². The Balaban J connectivity index is 0.000000172. The fourth-order valence-corrected chi connectivity index (χ4v) is 16.3. The molecule has 0 bridgehead atoms. The van der Waals surface area contributed by atoms with Gasteiger partial charge in [-0.1, -0.05) is 12.1 Å². The Labute approximate surface area is 480 Å². The average molecular weight is 1290 g/mol. The first-order valence-corrected chi connectivity index (χ1v) is 29.3. The molecule has 12 aromatic rings. The Kier molecular flexibility index (Phi) is 15.6. The monoisotopic (exact) mass is 1290 g/mol. The lowest BCUT2D eigenvalue weighted by atomic mass is 10.1. The summed E-state index contributed by atoms with van der Waals surface area (Å²) in [7, 11) is 0. The second-order valence-electron chi connectivity index (χ2n) is 16.8. The van der Waals surface area contributed by atoms with Crippen LogP contribution in [-0.4, -0.2) is 0 Å². The lowest BCUT2D eigenvalue weighted by molar-refractivity contribution is 0.381. The van der Waals surface area contributed by atoms with Gasteiger partial charge in [-0.25, -0.2) is 79.0 Å². The van der Waals surface area contributed by atoms with Crippen molar-refractivity contribution in [3.63, 3.8) is 0 Å². The largest absolute Gasteiger partial charge is 0.203 e. The smallest absolute Gasteiger partial charge is 0.200 e. The third kappa shape index (κ3) is 9.82. The average Bonchev–Trinajstić information content (AvgIpc) is 4.26. The van der Waals surface area contributed by atoms with Crippen LogP contribution in [0.25, 0.3) is 102 Å². The number of thiophene rings is 8. The second kappa shape index (κ2) is 22.4. The molecule has 8 heterocycles. The fraction of sp³-hybridized carbons (Fsp3) is 0. The SMILES string of the molecule is Fc1c(F)c(-c2ccc(-c3ccc(-c4c(F)c(F)c(-c5cccs5)c(F)c4F)s3)s2)c(F)c(F)c1-c1cccs1.Fc1c(F)c(F)c(-c2ccc(-c3ccc(-c4ccc(-c5ccc(-c6c(F)c(F)c(F)c(F)c6F)s5)s4)s3)s2)c(F)c1F. The summed E-state index contributed by atoms with van der Waals surface area (Å²) in [6.45, 7) is 0. The van der Waals surface area contributed by atoms with Gasteiger partial charge >= 0.3 is 0 Å². The van der Waals surface area contributed by atoms with Crippen molar-refractivity contribution in [2.24, 2.45) is 0 Å². The molecule has 0 amide bonds. The van der Waals surface area contributed by atoms with Crippen molar-refractivity contribution in [2.75, 3.05) is 0 Å². The molecule has 8 aromatic heterocycles. The fourth-order valence-electron chi connectivity index (χ4n) is 8.24. The lowest BCUT2D eigenvalue weighted by Gasteiger charge is -2.10. The van der Waals surface area contributed by atoms with Crippen LogP contribution in [0.5, 0.6) is 0 Å². The van der Waals surface area contributed by atoms with Crippen LogP contribution in [0.15, 0.2) is 108 Å². The molecule has 0 radical (unpaired) electrons. The number of halogens is 18. The Morgan fingerprint density at radius 1 is 0.159 bits per heavy atom. The number of rotatable bonds is 10. The predicted octanol–water partition coefficient (Wildman–Crippen LogP) is 23.0. The highest BCUT2D eigenvalue weighted by Gasteiger charge is 2.33. The first-order chi connectivity index (χ1) is 39.2. The van der Waals surface area contributed by atoms with Gasteiger partial charge in [0, 0.05) is 68.3 Å². The van der Waals surface area contributed by atoms with E-state index in [1.54, 1.807) is 24.3 Å². The quantitative estimate of drug-likeness (QED) is 0.0727. The van der Waals surface area contributed by atoms with E-state index in [0.717, 1.165) is 77.8 Å². The molecule has 0 unspecified atom stereocenters. The summed E-state index contributed by atoms with van der Waals surface area (Å²) < 4.78 is 258. The van der Waals surface area contributed by atoms with Crippen LogP contribution in [0, 0.1) is 105 Å². The van der Waals surface area contributed by atoms with Gasteiger partial charge in [-0.15, -0.1) is 90.7 Å². The molecule has 26 heteroatoms. The first-order valence-electron chi connectivity index (χ1n) is 22.6. The minimum absolute atomic E-state index is 0.0214. The molecule has 0 nitrogen and oxygen atoms in total. The van der Waals surface area contributed by atoms with Gasteiger partial charge in [-0.2, -0.15) is 0 Å². The van der Waals surface area contributed by atoms with Crippen LogP contribution in [0.3, 0.4) is 0 Å². The third-order valence-corrected chi connectivity index (χ3v) is 21.2. The van der Waals surface area contributed by atoms with Crippen LogP contribution in [-0.2, 0) is 0 Å². The van der Waals surface area contributed by atoms with Crippen LogP contribution in [0.2, 0.25) is 0 Å². The summed E-state index contributed by atoms with van der Waals surface area (Å²) in [6.07, 6.45) is 0. The summed E-state index contributed by atoms with van der Waals surface area (Å²) in [5.41, 5.74) is -5.42. The zero-order valence-corrected chi connectivity index (χ0v) is 46.0. The van der Waals surface area contributed by atoms with Crippen LogP contribution < -0.4 is 0 Å². The molecule has 0 fully saturated rings. The van der Waals surface area contributed by atoms with E-state index in [2.05, 4.69) is 0 Å². The molecule has 0 atom stereocenters. The number of benzene rings is 4. The second-order valence-corrected chi connectivity index (χ2v) is 25.2. The maximum absolute atomic E-state index is 15.0. The molecule has 0 saturated heterocycles. The lowest BCUT2D eigenvalue weighted by Crippen LogP contribution is -2.03. The first kappa shape index (κ1) is 57.1. The van der Waals surface area contributed by atoms with Gasteiger partial charge < -0.3 is 0 Å². The van der Waals surface area contributed by atoms with Gasteiger partial charge in [-0.05, 0) is 95.7 Å². The van der Waals surface area contributed by atoms with E-state index in [-0.39, 0.29) is 29.3 Å². The van der Waals surface area contributed by atoms with E-state index in [4.69, 9.17) is 0 Å². The summed E-state index contributed by atoms with van der Waals surface area (Å²) in [4.78, 5) is 4.05. The highest BCUT2D eigenvalue weighted by molar-refractivity contribution is 7.29. The third-order valence-electron chi connectivity index (χ3n) is 12.1. The molecular formula is C56H18F18S8. The minimum Gasteiger partial charge on any atom is -0.203 e. The molecule has 0 aliphatic carbocycles. The summed E-state index contributed by atoms with van der Waals surface area (Å²) in [5.74, 6) is -32.7. The number of hydrogen-bond acceptors (Lipinski definition) is 8. The van der Waals surface area contributed by atoms with Crippen molar-refractivity contribution in [2.45, 2.75) is 0 Å². The van der Waals surface area contributed by atoms with E-state index in [9.17, 15) is 79.0 Å². The molecule has 0 N–H and O–H groups in total. The van der Waals surface area contributed by atoms with Gasteiger partial charge in [0.1, 0.15) is 0 Å². The van der Waals surface area contributed by atoms with E-state index >= 15 is 0 Å². The van der Waals surface area contributed by atoms with Gasteiger partial charge in [-0.3, -0.25) is 0 Å². The predicted molar refractivity (Wildman–Crippen MR) is 290 cm³/mol. The summed E-state index contributed by atoms with van der Waals surface area (Å²) in [6, 6.07) is 23.5. The number of hydrogen-bond donors (Lipinski definition) is 0. The van der Waals surface area contributed by atoms with Crippen molar-refractivity contribution < 1.29 is 79.0 Å². The van der Waals surface area contributed by atoms with E-state index in [1.165, 1.54) is 106 Å². The molecule has 0 aliphatic heterocycles. The van der Waals surface area contributed by atoms with Gasteiger partial charge in [0.2, 0.25) is 11.6 Å². The zero-order chi connectivity index (χ0) is 58.3. The van der Waals surface area contributed by atoms with Crippen LogP contribution in [0.4, 0.5) is 79.0 Å². The van der Waals surface area contributed by atoms with E-state index in [0.29, 0.717) is 29.3 Å². The topological polar surface area (TPSA) is 0 Å². The molecule has 0 saturated carbocycles. The molecular weight excluding hydrogens is 1270 g/mol. The van der Waals surface area contributed by atoms with Gasteiger partial charge in [0.15, 0.2) is 93.1 Å². The standard InChI is InChI=1S/C28H8F10S4.C28H10F8S4/c29-19-17(20(30)24(34)27(37)23(19)33)15-7-5-13(41-15)11-3-1-9(39-11)10-2-4-12(40-10)14-6-8-16(42-14)18-21(31)25(35)28(38)26(36)22(18)32;29-21-17(13-3-1-9-37-13)22(30)26(34)19(25(21)33)15-7-5-11(39-15)12-6-8-16(40-12)20-27(35)23(31)18(24(32)28(20)36)14-4-2-10-38-14/h1-8H;1-10H. The summed E-state index contributed by atoms with van der Waals surface area (Å²) in [5, 5.41) is 3.02. The summed E-state index contributed by atoms with van der Waals surface area (Å²) >= 11 is 7.68. The highest BCUT2D eigenvalue weighted by Crippen LogP contribution is 2.49. The van der Waals surface area contributed by atoms with Crippen molar-refractivity contribution in [1.29, 1.82) is 0 Å². The molecule has 0 aliphatic rings. The molecule has 12 rings (SSSR count). The molecule has 0 spiro atoms. The Morgan fingerprint density at radius 3 is 0.488 bits per heavy atom. The van der Waals surface area contributed by atoms with Crippen LogP contribution in [0.1, 0.15) is 0 Å². The van der Waals surface area contributed by atoms with E-state index in [1.807, 2.05) is 0 Å². The Morgan fingerprint density at radius 2 is 0.305 bits per heavy atom. The maximum atomic E-state index is 15.0. The maximum Gasteiger partial charge on any atom is 0.200 e. The van der Waals surface area contributed by atoms with Crippen molar-refractivity contribution >= 4 is 90.7 Å². The van der Waals surface area contributed by atoms with Crippen molar-refractivity contribution in [3.8, 4) is 102 Å². The van der Waals surface area contributed by atoms with Gasteiger partial charge in [0.05, 0.1) is 33.4 Å². The van der Waals surface area contributed by atoms with Gasteiger partial charge in [0.25, 0.3) is 0 Å². The molecule has 82 heavy (non-hydrogen) atoms. The Hall–Kier alpha value is -6.78. The Bertz CT molecular complexity index is 4060. The molecule has 416 valence electrons. The van der Waals surface area contributed by atoms with Crippen LogP contribution >= 0.6 is 90.7 Å². The highest BCUT2D eigenvalue weighted by atomic mass is 32.1. The molecule has 4 aromatic carbocycles. The van der Waals surface area contributed by atoms with Crippen molar-refractivity contribution in [3.05, 3.63) is 213 Å².